The van der Waals surface area contributed by atoms with E-state index in [-0.39, 0.29) is 31.1 Å². The van der Waals surface area contributed by atoms with Crippen LogP contribution in [0.1, 0.15) is 59.8 Å². The van der Waals surface area contributed by atoms with Crippen molar-refractivity contribution in [2.75, 3.05) is 6.54 Å². The molecule has 5 unspecified atom stereocenters. The minimum absolute atomic E-state index is 0.0699. The van der Waals surface area contributed by atoms with Gasteiger partial charge in [-0.25, -0.2) is 4.79 Å². The van der Waals surface area contributed by atoms with Crippen molar-refractivity contribution in [2.24, 2.45) is 39.8 Å². The Morgan fingerprint density at radius 3 is 1.92 bits per heavy atom. The number of amides is 4. The molecule has 0 aliphatic rings. The van der Waals surface area contributed by atoms with E-state index in [9.17, 15) is 29.1 Å². The van der Waals surface area contributed by atoms with Crippen molar-refractivity contribution in [2.45, 2.75) is 84.0 Å². The summed E-state index contributed by atoms with van der Waals surface area (Å²) >= 11 is 0. The van der Waals surface area contributed by atoms with Gasteiger partial charge in [0, 0.05) is 13.0 Å². The van der Waals surface area contributed by atoms with Crippen molar-refractivity contribution in [1.29, 1.82) is 0 Å². The molecule has 4 amide bonds. The van der Waals surface area contributed by atoms with Gasteiger partial charge in [-0.15, -0.1) is 0 Å². The molecule has 36 heavy (non-hydrogen) atoms. The zero-order valence-corrected chi connectivity index (χ0v) is 21.5. The topological polar surface area (TPSA) is 258 Å². The van der Waals surface area contributed by atoms with E-state index in [1.54, 1.807) is 20.8 Å². The highest BCUT2D eigenvalue weighted by molar-refractivity contribution is 5.94. The van der Waals surface area contributed by atoms with Crippen molar-refractivity contribution in [3.63, 3.8) is 0 Å². The van der Waals surface area contributed by atoms with E-state index in [1.807, 2.05) is 6.92 Å². The lowest BCUT2D eigenvalue weighted by Crippen LogP contribution is -2.59. The first-order valence-electron chi connectivity index (χ1n) is 11.9. The summed E-state index contributed by atoms with van der Waals surface area (Å²) in [5.41, 5.74) is 21.7. The maximum Gasteiger partial charge on any atom is 0.326 e. The fraction of sp³-hybridized carbons (Fsp3) is 0.727. The molecule has 14 heteroatoms. The molecule has 0 aliphatic carbocycles. The van der Waals surface area contributed by atoms with Gasteiger partial charge in [0.05, 0.1) is 6.04 Å². The lowest BCUT2D eigenvalue weighted by molar-refractivity contribution is -0.143. The number of carboxylic acids is 1. The van der Waals surface area contributed by atoms with Crippen LogP contribution in [0.5, 0.6) is 0 Å². The Labute approximate surface area is 211 Å². The van der Waals surface area contributed by atoms with Crippen LogP contribution in [0.25, 0.3) is 0 Å². The molecule has 12 N–H and O–H groups in total. The summed E-state index contributed by atoms with van der Waals surface area (Å²) in [5, 5.41) is 16.9. The average molecular weight is 515 g/mol. The minimum atomic E-state index is -1.25. The van der Waals surface area contributed by atoms with Crippen LogP contribution in [0.15, 0.2) is 4.99 Å². The summed E-state index contributed by atoms with van der Waals surface area (Å²) in [6, 6.07) is -4.40. The highest BCUT2D eigenvalue weighted by atomic mass is 16.4. The van der Waals surface area contributed by atoms with Gasteiger partial charge < -0.3 is 44.0 Å². The standard InChI is InChI=1S/C22H42N8O6/c1-5-12(4)17(30-18(32)13(23)7-6-10-27-22(25)26)20(34)28-14(8-9-15(24)31)19(33)29-16(11(2)3)21(35)36/h11-14,16-17H,5-10,23H2,1-4H3,(H2,24,31)(H,28,34)(H,29,33)(H,30,32)(H,35,36)(H4,25,26,27). The van der Waals surface area contributed by atoms with Crippen molar-refractivity contribution in [3.05, 3.63) is 0 Å². The van der Waals surface area contributed by atoms with Crippen molar-refractivity contribution < 1.29 is 29.1 Å². The number of nitrogens with two attached hydrogens (primary N) is 4. The van der Waals surface area contributed by atoms with Crippen molar-refractivity contribution >= 4 is 35.6 Å². The van der Waals surface area contributed by atoms with Gasteiger partial charge in [0.15, 0.2) is 5.96 Å². The van der Waals surface area contributed by atoms with Crippen LogP contribution in [0.2, 0.25) is 0 Å². The third kappa shape index (κ3) is 12.3. The summed E-state index contributed by atoms with van der Waals surface area (Å²) in [6.45, 7) is 7.09. The summed E-state index contributed by atoms with van der Waals surface area (Å²) in [7, 11) is 0. The number of primary amides is 1. The zero-order valence-electron chi connectivity index (χ0n) is 21.5. The van der Waals surface area contributed by atoms with Crippen LogP contribution in [0.4, 0.5) is 0 Å². The van der Waals surface area contributed by atoms with Crippen LogP contribution in [-0.2, 0) is 24.0 Å². The van der Waals surface area contributed by atoms with E-state index in [4.69, 9.17) is 22.9 Å². The first-order valence-corrected chi connectivity index (χ1v) is 11.9. The normalized spacial score (nSPS) is 15.1. The monoisotopic (exact) mass is 514 g/mol. The lowest BCUT2D eigenvalue weighted by atomic mass is 9.96. The van der Waals surface area contributed by atoms with Gasteiger partial charge >= 0.3 is 5.97 Å². The van der Waals surface area contributed by atoms with Crippen LogP contribution < -0.4 is 38.9 Å². The maximum atomic E-state index is 13.1. The summed E-state index contributed by atoms with van der Waals surface area (Å²) in [4.78, 5) is 65.2. The first-order chi connectivity index (χ1) is 16.7. The molecule has 0 fully saturated rings. The summed E-state index contributed by atoms with van der Waals surface area (Å²) < 4.78 is 0. The third-order valence-electron chi connectivity index (χ3n) is 5.64. The second-order valence-corrected chi connectivity index (χ2v) is 9.06. The largest absolute Gasteiger partial charge is 0.480 e. The Bertz CT molecular complexity index is 799. The molecule has 0 aromatic carbocycles. The van der Waals surface area contributed by atoms with Crippen LogP contribution >= 0.6 is 0 Å². The molecule has 0 aliphatic heterocycles. The maximum absolute atomic E-state index is 13.1. The smallest absolute Gasteiger partial charge is 0.326 e. The van der Waals surface area contributed by atoms with E-state index < -0.39 is 59.7 Å². The molecule has 0 spiro atoms. The van der Waals surface area contributed by atoms with E-state index in [0.29, 0.717) is 19.4 Å². The van der Waals surface area contributed by atoms with Crippen molar-refractivity contribution in [3.8, 4) is 0 Å². The quantitative estimate of drug-likeness (QED) is 0.0598. The average Bonchev–Trinajstić information content (AvgIpc) is 2.79. The number of aliphatic carboxylic acids is 1. The van der Waals surface area contributed by atoms with Gasteiger partial charge in [0.2, 0.25) is 23.6 Å². The number of hydrogen-bond acceptors (Lipinski definition) is 7. The summed E-state index contributed by atoms with van der Waals surface area (Å²) in [5.74, 6) is -4.79. The molecule has 0 saturated heterocycles. The number of carbonyl (C=O) groups is 5. The number of carbonyl (C=O) groups excluding carboxylic acids is 4. The van der Waals surface area contributed by atoms with Gasteiger partial charge in [0.25, 0.3) is 0 Å². The van der Waals surface area contributed by atoms with E-state index in [1.165, 1.54) is 0 Å². The Morgan fingerprint density at radius 1 is 0.861 bits per heavy atom. The SMILES string of the molecule is CCC(C)C(NC(=O)C(N)CCCN=C(N)N)C(=O)NC(CCC(N)=O)C(=O)NC(C(=O)O)C(C)C. The van der Waals surface area contributed by atoms with Crippen LogP contribution in [0, 0.1) is 11.8 Å². The molecule has 14 nitrogen and oxygen atoms in total. The van der Waals surface area contributed by atoms with Gasteiger partial charge in [-0.3, -0.25) is 24.2 Å². The third-order valence-corrected chi connectivity index (χ3v) is 5.64. The first kappa shape index (κ1) is 32.6. The van der Waals surface area contributed by atoms with Crippen molar-refractivity contribution in [1.82, 2.24) is 16.0 Å². The number of nitrogens with zero attached hydrogens (tertiary/aromatic N) is 1. The zero-order chi connectivity index (χ0) is 28.0. The Balaban J connectivity index is 5.51. The lowest BCUT2D eigenvalue weighted by Gasteiger charge is -2.28. The number of guanidine groups is 1. The second kappa shape index (κ2) is 16.3. The number of aliphatic imine (C=N–C) groups is 1. The van der Waals surface area contributed by atoms with E-state index >= 15 is 0 Å². The second-order valence-electron chi connectivity index (χ2n) is 9.06. The van der Waals surface area contributed by atoms with Gasteiger partial charge in [-0.05, 0) is 31.1 Å². The fourth-order valence-corrected chi connectivity index (χ4v) is 3.20. The Kier molecular flexibility index (Phi) is 14.7. The summed E-state index contributed by atoms with van der Waals surface area (Å²) in [6.07, 6.45) is 0.863. The van der Waals surface area contributed by atoms with E-state index in [0.717, 1.165) is 0 Å². The highest BCUT2D eigenvalue weighted by Gasteiger charge is 2.33. The number of carboxylic acid groups (broad SMARTS) is 1. The number of rotatable bonds is 17. The molecule has 0 heterocycles. The Hall–Kier alpha value is -3.42. The Morgan fingerprint density at radius 2 is 1.44 bits per heavy atom. The molecule has 0 aromatic heterocycles. The molecule has 206 valence electrons. The van der Waals surface area contributed by atoms with Crippen LogP contribution in [-0.4, -0.2) is 71.4 Å². The highest BCUT2D eigenvalue weighted by Crippen LogP contribution is 2.11. The molecular formula is C22H42N8O6. The fourth-order valence-electron chi connectivity index (χ4n) is 3.20. The molecule has 0 rings (SSSR count). The molecule has 5 atom stereocenters. The molecule has 0 saturated carbocycles. The number of hydrogen-bond donors (Lipinski definition) is 8. The molecule has 0 bridgehead atoms. The van der Waals surface area contributed by atoms with Gasteiger partial charge in [0.1, 0.15) is 18.1 Å². The van der Waals surface area contributed by atoms with E-state index in [2.05, 4.69) is 20.9 Å². The molecular weight excluding hydrogens is 472 g/mol. The molecule has 0 radical (unpaired) electrons. The van der Waals surface area contributed by atoms with Gasteiger partial charge in [-0.1, -0.05) is 34.1 Å². The van der Waals surface area contributed by atoms with Crippen LogP contribution in [0.3, 0.4) is 0 Å². The molecule has 0 aromatic rings. The predicted octanol–water partition coefficient (Wildman–Crippen LogP) is -2.13. The van der Waals surface area contributed by atoms with Gasteiger partial charge in [-0.2, -0.15) is 0 Å². The predicted molar refractivity (Wildman–Crippen MR) is 134 cm³/mol. The minimum Gasteiger partial charge on any atom is -0.480 e. The number of nitrogens with one attached hydrogen (secondary N) is 3.